The van der Waals surface area contributed by atoms with Crippen molar-refractivity contribution >= 4 is 6.29 Å². The van der Waals surface area contributed by atoms with Crippen LogP contribution in [0, 0.1) is 0 Å². The van der Waals surface area contributed by atoms with Crippen molar-refractivity contribution in [1.29, 1.82) is 0 Å². The van der Waals surface area contributed by atoms with Crippen LogP contribution in [-0.4, -0.2) is 6.29 Å². The molecule has 1 aliphatic carbocycles. The van der Waals surface area contributed by atoms with E-state index in [2.05, 4.69) is 38.1 Å². The lowest BCUT2D eigenvalue weighted by Crippen LogP contribution is -1.88. The van der Waals surface area contributed by atoms with E-state index < -0.39 is 0 Å². The molecule has 0 fully saturated rings. The molecular formula is C17H18O. The third-order valence-electron chi connectivity index (χ3n) is 3.09. The highest BCUT2D eigenvalue weighted by Gasteiger charge is 2.12. The molecule has 0 aliphatic heterocycles. The predicted octanol–water partition coefficient (Wildman–Crippen LogP) is 4.21. The first-order valence-corrected chi connectivity index (χ1v) is 6.32. The Bertz CT molecular complexity index is 520. The van der Waals surface area contributed by atoms with E-state index in [9.17, 15) is 4.79 Å². The summed E-state index contributed by atoms with van der Waals surface area (Å²) in [5.41, 5.74) is 5.04. The van der Waals surface area contributed by atoms with Gasteiger partial charge in [0.1, 0.15) is 6.29 Å². The van der Waals surface area contributed by atoms with Gasteiger partial charge in [0.2, 0.25) is 0 Å². The Balaban J connectivity index is 0.000000146. The van der Waals surface area contributed by atoms with Gasteiger partial charge in [-0.15, -0.1) is 0 Å². The molecule has 0 heterocycles. The Kier molecular flexibility index (Phi) is 3.93. The molecule has 0 aromatic heterocycles. The van der Waals surface area contributed by atoms with Crippen molar-refractivity contribution in [2.75, 3.05) is 0 Å². The third-order valence-corrected chi connectivity index (χ3v) is 3.09. The maximum Gasteiger partial charge on any atom is 0.150 e. The van der Waals surface area contributed by atoms with E-state index in [1.165, 1.54) is 23.1 Å². The number of benzene rings is 2. The van der Waals surface area contributed by atoms with Crippen LogP contribution in [-0.2, 0) is 6.42 Å². The van der Waals surface area contributed by atoms with Crippen molar-refractivity contribution in [2.24, 2.45) is 0 Å². The lowest BCUT2D eigenvalue weighted by atomic mass is 10.0. The number of aldehydes is 1. The van der Waals surface area contributed by atoms with E-state index in [4.69, 9.17) is 0 Å². The van der Waals surface area contributed by atoms with Crippen LogP contribution in [0.2, 0.25) is 0 Å². The number of carbonyl (C=O) groups is 1. The molecule has 3 rings (SSSR count). The van der Waals surface area contributed by atoms with Crippen LogP contribution in [0.5, 0.6) is 0 Å². The molecule has 0 saturated heterocycles. The molecule has 1 heteroatoms. The predicted molar refractivity (Wildman–Crippen MR) is 75.2 cm³/mol. The van der Waals surface area contributed by atoms with Gasteiger partial charge in [-0.3, -0.25) is 4.79 Å². The molecule has 18 heavy (non-hydrogen) atoms. The van der Waals surface area contributed by atoms with Crippen LogP contribution >= 0.6 is 0 Å². The van der Waals surface area contributed by atoms with E-state index in [1.54, 1.807) is 0 Å². The Hall–Kier alpha value is -1.89. The van der Waals surface area contributed by atoms with Crippen LogP contribution in [0.4, 0.5) is 0 Å². The largest absolute Gasteiger partial charge is 0.298 e. The van der Waals surface area contributed by atoms with Gasteiger partial charge < -0.3 is 0 Å². The van der Waals surface area contributed by atoms with E-state index in [0.717, 1.165) is 11.8 Å². The van der Waals surface area contributed by atoms with E-state index in [1.807, 2.05) is 24.3 Å². The van der Waals surface area contributed by atoms with Crippen molar-refractivity contribution < 1.29 is 4.79 Å². The molecule has 0 amide bonds. The minimum atomic E-state index is 0.495. The Labute approximate surface area is 108 Å². The van der Waals surface area contributed by atoms with Crippen molar-refractivity contribution in [3.8, 4) is 0 Å². The molecule has 0 N–H and O–H groups in total. The first-order chi connectivity index (χ1) is 8.70. The van der Waals surface area contributed by atoms with Gasteiger partial charge in [0.25, 0.3) is 0 Å². The molecule has 0 atom stereocenters. The molecule has 0 saturated carbocycles. The van der Waals surface area contributed by atoms with Gasteiger partial charge in [0, 0.05) is 5.56 Å². The fourth-order valence-corrected chi connectivity index (χ4v) is 1.83. The average Bonchev–Trinajstić information content (AvgIpc) is 3.18. The zero-order chi connectivity index (χ0) is 13.0. The van der Waals surface area contributed by atoms with E-state index >= 15 is 0 Å². The third kappa shape index (κ3) is 3.30. The molecule has 1 aliphatic rings. The molecule has 2 aromatic rings. The van der Waals surface area contributed by atoms with Crippen LogP contribution < -0.4 is 0 Å². The standard InChI is InChI=1S/C10H12O.C7H6/c1-8(2)10-5-3-4-9(6-10)7-11;1-2-4-7-5-6(7)3-1/h3-8H,1-2H3;1-4H,5H2. The van der Waals surface area contributed by atoms with Gasteiger partial charge in [-0.1, -0.05) is 56.3 Å². The number of fused-ring (bicyclic) bond motifs is 1. The highest BCUT2D eigenvalue weighted by Crippen LogP contribution is 2.25. The first kappa shape index (κ1) is 12.6. The summed E-state index contributed by atoms with van der Waals surface area (Å²) in [5.74, 6) is 0.495. The maximum atomic E-state index is 10.4. The Morgan fingerprint density at radius 2 is 1.67 bits per heavy atom. The summed E-state index contributed by atoms with van der Waals surface area (Å²) in [7, 11) is 0. The first-order valence-electron chi connectivity index (χ1n) is 6.32. The molecule has 2 aromatic carbocycles. The van der Waals surface area contributed by atoms with Gasteiger partial charge in [-0.2, -0.15) is 0 Å². The van der Waals surface area contributed by atoms with Crippen molar-refractivity contribution in [3.05, 3.63) is 70.8 Å². The van der Waals surface area contributed by atoms with Gasteiger partial charge in [-0.25, -0.2) is 0 Å². The summed E-state index contributed by atoms with van der Waals surface area (Å²) in [6, 6.07) is 16.2. The normalized spacial score (nSPS) is 11.3. The van der Waals surface area contributed by atoms with Crippen molar-refractivity contribution in [3.63, 3.8) is 0 Å². The van der Waals surface area contributed by atoms with Crippen LogP contribution in [0.15, 0.2) is 48.5 Å². The van der Waals surface area contributed by atoms with Gasteiger partial charge >= 0.3 is 0 Å². The van der Waals surface area contributed by atoms with E-state index in [0.29, 0.717) is 5.92 Å². The fourth-order valence-electron chi connectivity index (χ4n) is 1.83. The number of rotatable bonds is 2. The number of hydrogen-bond acceptors (Lipinski definition) is 1. The van der Waals surface area contributed by atoms with E-state index in [-0.39, 0.29) is 0 Å². The molecule has 0 unspecified atom stereocenters. The van der Waals surface area contributed by atoms with Crippen molar-refractivity contribution in [2.45, 2.75) is 26.2 Å². The van der Waals surface area contributed by atoms with Gasteiger partial charge in [0.15, 0.2) is 0 Å². The molecule has 92 valence electrons. The van der Waals surface area contributed by atoms with Crippen LogP contribution in [0.3, 0.4) is 0 Å². The highest BCUT2D eigenvalue weighted by molar-refractivity contribution is 5.74. The quantitative estimate of drug-likeness (QED) is 0.611. The number of carbonyl (C=O) groups excluding carboxylic acids is 1. The SMILES string of the molecule is CC(C)c1cccc(C=O)c1.c1ccc2c(c1)C2. The summed E-state index contributed by atoms with van der Waals surface area (Å²) < 4.78 is 0. The molecular weight excluding hydrogens is 220 g/mol. The molecule has 1 nitrogen and oxygen atoms in total. The minimum absolute atomic E-state index is 0.495. The molecule has 0 bridgehead atoms. The second-order valence-corrected chi connectivity index (χ2v) is 4.89. The van der Waals surface area contributed by atoms with Crippen LogP contribution in [0.1, 0.15) is 46.8 Å². The molecule has 0 spiro atoms. The average molecular weight is 238 g/mol. The second-order valence-electron chi connectivity index (χ2n) is 4.89. The topological polar surface area (TPSA) is 17.1 Å². The summed E-state index contributed by atoms with van der Waals surface area (Å²) >= 11 is 0. The second kappa shape index (κ2) is 5.63. The molecule has 0 radical (unpaired) electrons. The zero-order valence-corrected chi connectivity index (χ0v) is 10.9. The lowest BCUT2D eigenvalue weighted by molar-refractivity contribution is 0.112. The lowest BCUT2D eigenvalue weighted by Gasteiger charge is -2.03. The van der Waals surface area contributed by atoms with Gasteiger partial charge in [0.05, 0.1) is 0 Å². The van der Waals surface area contributed by atoms with Crippen LogP contribution in [0.25, 0.3) is 0 Å². The maximum absolute atomic E-state index is 10.4. The summed E-state index contributed by atoms with van der Waals surface area (Å²) in [6.07, 6.45) is 2.12. The zero-order valence-electron chi connectivity index (χ0n) is 10.9. The summed E-state index contributed by atoms with van der Waals surface area (Å²) in [4.78, 5) is 10.4. The minimum Gasteiger partial charge on any atom is -0.298 e. The highest BCUT2D eigenvalue weighted by atomic mass is 16.1. The summed E-state index contributed by atoms with van der Waals surface area (Å²) in [6.45, 7) is 4.23. The monoisotopic (exact) mass is 238 g/mol. The van der Waals surface area contributed by atoms with Gasteiger partial charge in [-0.05, 0) is 35.1 Å². The Morgan fingerprint density at radius 3 is 2.17 bits per heavy atom. The Morgan fingerprint density at radius 1 is 1.00 bits per heavy atom. The fraction of sp³-hybridized carbons (Fsp3) is 0.235. The smallest absolute Gasteiger partial charge is 0.150 e. The summed E-state index contributed by atoms with van der Waals surface area (Å²) in [5, 5.41) is 0. The number of hydrogen-bond donors (Lipinski definition) is 0. The van der Waals surface area contributed by atoms with Crippen molar-refractivity contribution in [1.82, 2.24) is 0 Å².